The van der Waals surface area contributed by atoms with Gasteiger partial charge in [-0.05, 0) is 61.7 Å². The molecule has 1 fully saturated rings. The smallest absolute Gasteiger partial charge is 0.191 e. The molecular formula is C26H33N5O. The Kier molecular flexibility index (Phi) is 7.56. The molecule has 0 spiro atoms. The number of fused-ring (bicyclic) bond motifs is 1. The Morgan fingerprint density at radius 3 is 2.59 bits per heavy atom. The molecule has 0 saturated carbocycles. The Hall–Kier alpha value is -3.12. The lowest BCUT2D eigenvalue weighted by Gasteiger charge is -2.29. The molecule has 1 aliphatic rings. The number of aliphatic imine (C=N–C) groups is 1. The van der Waals surface area contributed by atoms with Crippen molar-refractivity contribution in [2.45, 2.75) is 25.3 Å². The second-order valence-corrected chi connectivity index (χ2v) is 8.15. The molecule has 2 N–H and O–H groups in total. The average molecular weight is 432 g/mol. The minimum Gasteiger partial charge on any atom is -0.497 e. The predicted molar refractivity (Wildman–Crippen MR) is 131 cm³/mol. The molecule has 1 saturated heterocycles. The molecule has 168 valence electrons. The van der Waals surface area contributed by atoms with E-state index in [2.05, 4.69) is 61.9 Å². The van der Waals surface area contributed by atoms with Crippen LogP contribution in [0.1, 0.15) is 30.0 Å². The van der Waals surface area contributed by atoms with E-state index in [1.807, 2.05) is 31.4 Å². The zero-order valence-electron chi connectivity index (χ0n) is 19.1. The highest BCUT2D eigenvalue weighted by Crippen LogP contribution is 2.26. The van der Waals surface area contributed by atoms with Gasteiger partial charge in [0.25, 0.3) is 0 Å². The number of aromatic nitrogens is 1. The third kappa shape index (κ3) is 5.37. The average Bonchev–Trinajstić information content (AvgIpc) is 3.38. The number of methoxy groups -OCH3 is 1. The van der Waals surface area contributed by atoms with E-state index in [9.17, 15) is 0 Å². The van der Waals surface area contributed by atoms with Gasteiger partial charge in [0.15, 0.2) is 5.96 Å². The minimum absolute atomic E-state index is 0.309. The van der Waals surface area contributed by atoms with Crippen LogP contribution in [0, 0.1) is 0 Å². The lowest BCUT2D eigenvalue weighted by atomic mass is 10.1. The summed E-state index contributed by atoms with van der Waals surface area (Å²) in [7, 11) is 3.53. The first-order valence-corrected chi connectivity index (χ1v) is 11.4. The van der Waals surface area contributed by atoms with Crippen molar-refractivity contribution in [2.75, 3.05) is 40.3 Å². The number of guanidine groups is 1. The van der Waals surface area contributed by atoms with Crippen molar-refractivity contribution in [1.82, 2.24) is 20.5 Å². The first-order valence-electron chi connectivity index (χ1n) is 11.4. The molecule has 0 amide bonds. The SMILES string of the molecule is CN=C(NCCc1cccc2cccnc12)NCC(c1ccc(OC)cc1)N1CCCC1. The van der Waals surface area contributed by atoms with Crippen LogP contribution in [0.5, 0.6) is 5.75 Å². The number of likely N-dealkylation sites (tertiary alicyclic amines) is 1. The molecule has 2 aromatic carbocycles. The molecule has 0 aliphatic carbocycles. The fraction of sp³-hybridized carbons (Fsp3) is 0.385. The van der Waals surface area contributed by atoms with E-state index in [0.29, 0.717) is 6.04 Å². The summed E-state index contributed by atoms with van der Waals surface area (Å²) in [6.07, 6.45) is 5.28. The van der Waals surface area contributed by atoms with Crippen LogP contribution in [0.15, 0.2) is 65.8 Å². The predicted octanol–water partition coefficient (Wildman–Crippen LogP) is 3.79. The first kappa shape index (κ1) is 22.1. The van der Waals surface area contributed by atoms with Crippen molar-refractivity contribution in [2.24, 2.45) is 4.99 Å². The fourth-order valence-electron chi connectivity index (χ4n) is 4.44. The van der Waals surface area contributed by atoms with Crippen molar-refractivity contribution >= 4 is 16.9 Å². The van der Waals surface area contributed by atoms with E-state index in [-0.39, 0.29) is 0 Å². The van der Waals surface area contributed by atoms with E-state index in [1.165, 1.54) is 29.4 Å². The minimum atomic E-state index is 0.309. The largest absolute Gasteiger partial charge is 0.497 e. The number of hydrogen-bond donors (Lipinski definition) is 2. The van der Waals surface area contributed by atoms with E-state index < -0.39 is 0 Å². The van der Waals surface area contributed by atoms with Crippen LogP contribution in [0.3, 0.4) is 0 Å². The summed E-state index contributed by atoms with van der Waals surface area (Å²) >= 11 is 0. The van der Waals surface area contributed by atoms with Gasteiger partial charge >= 0.3 is 0 Å². The topological polar surface area (TPSA) is 61.8 Å². The lowest BCUT2D eigenvalue weighted by Crippen LogP contribution is -2.43. The quantitative estimate of drug-likeness (QED) is 0.420. The highest BCUT2D eigenvalue weighted by atomic mass is 16.5. The Morgan fingerprint density at radius 2 is 1.84 bits per heavy atom. The molecule has 1 atom stereocenters. The van der Waals surface area contributed by atoms with Crippen LogP contribution in [-0.2, 0) is 6.42 Å². The first-order chi connectivity index (χ1) is 15.8. The van der Waals surface area contributed by atoms with Crippen molar-refractivity contribution in [1.29, 1.82) is 0 Å². The van der Waals surface area contributed by atoms with E-state index in [4.69, 9.17) is 4.74 Å². The molecule has 0 bridgehead atoms. The van der Waals surface area contributed by atoms with Crippen molar-refractivity contribution < 1.29 is 4.74 Å². The molecule has 6 heteroatoms. The summed E-state index contributed by atoms with van der Waals surface area (Å²) < 4.78 is 5.33. The summed E-state index contributed by atoms with van der Waals surface area (Å²) in [5.74, 6) is 1.72. The summed E-state index contributed by atoms with van der Waals surface area (Å²) in [5, 5.41) is 8.20. The second-order valence-electron chi connectivity index (χ2n) is 8.15. The monoisotopic (exact) mass is 431 g/mol. The molecule has 0 radical (unpaired) electrons. The summed E-state index contributed by atoms with van der Waals surface area (Å²) in [4.78, 5) is 11.6. The lowest BCUT2D eigenvalue weighted by molar-refractivity contribution is 0.245. The fourth-order valence-corrected chi connectivity index (χ4v) is 4.44. The van der Waals surface area contributed by atoms with Crippen LogP contribution in [0.4, 0.5) is 0 Å². The van der Waals surface area contributed by atoms with Gasteiger partial charge in [0.1, 0.15) is 5.75 Å². The molecule has 1 unspecified atom stereocenters. The van der Waals surface area contributed by atoms with Gasteiger partial charge in [-0.3, -0.25) is 14.9 Å². The van der Waals surface area contributed by atoms with Gasteiger partial charge in [-0.1, -0.05) is 36.4 Å². The molecule has 6 nitrogen and oxygen atoms in total. The van der Waals surface area contributed by atoms with Gasteiger partial charge in [-0.25, -0.2) is 0 Å². The molecular weight excluding hydrogens is 398 g/mol. The van der Waals surface area contributed by atoms with Gasteiger partial charge in [-0.2, -0.15) is 0 Å². The van der Waals surface area contributed by atoms with Gasteiger partial charge in [0.2, 0.25) is 0 Å². The normalized spacial score (nSPS) is 15.6. The van der Waals surface area contributed by atoms with Gasteiger partial charge in [0, 0.05) is 31.7 Å². The maximum Gasteiger partial charge on any atom is 0.191 e. The maximum atomic E-state index is 5.33. The molecule has 2 heterocycles. The standard InChI is InChI=1S/C26H33N5O/c1-27-26(29-16-14-22-8-5-7-21-9-6-15-28-25(21)22)30-19-24(31-17-3-4-18-31)20-10-12-23(32-2)13-11-20/h5-13,15,24H,3-4,14,16-19H2,1-2H3,(H2,27,29,30). The van der Waals surface area contributed by atoms with Crippen LogP contribution in [-0.4, -0.2) is 56.2 Å². The summed E-state index contributed by atoms with van der Waals surface area (Å²) in [5.41, 5.74) is 3.63. The zero-order chi connectivity index (χ0) is 22.2. The number of hydrogen-bond acceptors (Lipinski definition) is 4. The zero-order valence-corrected chi connectivity index (χ0v) is 19.1. The van der Waals surface area contributed by atoms with Crippen LogP contribution >= 0.6 is 0 Å². The van der Waals surface area contributed by atoms with Crippen LogP contribution < -0.4 is 15.4 Å². The summed E-state index contributed by atoms with van der Waals surface area (Å²) in [6, 6.07) is 19.2. The summed E-state index contributed by atoms with van der Waals surface area (Å²) in [6.45, 7) is 3.88. The second kappa shape index (κ2) is 11.0. The van der Waals surface area contributed by atoms with Gasteiger partial charge in [0.05, 0.1) is 18.7 Å². The van der Waals surface area contributed by atoms with Crippen molar-refractivity contribution in [3.05, 3.63) is 71.9 Å². The third-order valence-corrected chi connectivity index (χ3v) is 6.17. The number of rotatable bonds is 8. The van der Waals surface area contributed by atoms with Crippen molar-refractivity contribution in [3.63, 3.8) is 0 Å². The highest BCUT2D eigenvalue weighted by Gasteiger charge is 2.23. The number of benzene rings is 2. The van der Waals surface area contributed by atoms with Gasteiger partial charge in [-0.15, -0.1) is 0 Å². The molecule has 32 heavy (non-hydrogen) atoms. The van der Waals surface area contributed by atoms with Crippen LogP contribution in [0.2, 0.25) is 0 Å². The third-order valence-electron chi connectivity index (χ3n) is 6.17. The molecule has 3 aromatic rings. The van der Waals surface area contributed by atoms with Gasteiger partial charge < -0.3 is 15.4 Å². The number of pyridine rings is 1. The number of ether oxygens (including phenoxy) is 1. The Balaban J connectivity index is 1.36. The number of nitrogens with zero attached hydrogens (tertiary/aromatic N) is 3. The number of para-hydroxylation sites is 1. The maximum absolute atomic E-state index is 5.33. The van der Waals surface area contributed by atoms with E-state index >= 15 is 0 Å². The number of nitrogens with one attached hydrogen (secondary N) is 2. The Labute approximate surface area is 190 Å². The highest BCUT2D eigenvalue weighted by molar-refractivity contribution is 5.82. The Morgan fingerprint density at radius 1 is 1.06 bits per heavy atom. The molecule has 1 aromatic heterocycles. The van der Waals surface area contributed by atoms with Crippen LogP contribution in [0.25, 0.3) is 10.9 Å². The van der Waals surface area contributed by atoms with E-state index in [0.717, 1.165) is 49.8 Å². The van der Waals surface area contributed by atoms with E-state index in [1.54, 1.807) is 7.11 Å². The molecule has 1 aliphatic heterocycles. The van der Waals surface area contributed by atoms with Crippen molar-refractivity contribution in [3.8, 4) is 5.75 Å². The Bertz CT molecular complexity index is 1020. The molecule has 4 rings (SSSR count).